The van der Waals surface area contributed by atoms with Crippen molar-refractivity contribution in [1.29, 1.82) is 0 Å². The summed E-state index contributed by atoms with van der Waals surface area (Å²) in [7, 11) is 0. The van der Waals surface area contributed by atoms with Gasteiger partial charge in [0.15, 0.2) is 0 Å². The second kappa shape index (κ2) is 6.94. The van der Waals surface area contributed by atoms with Gasteiger partial charge in [0.25, 0.3) is 0 Å². The highest BCUT2D eigenvalue weighted by Gasteiger charge is 2.31. The lowest BCUT2D eigenvalue weighted by molar-refractivity contribution is -0.137. The van der Waals surface area contributed by atoms with Gasteiger partial charge in [0.2, 0.25) is 0 Å². The second-order valence-electron chi connectivity index (χ2n) is 6.25. The molecule has 3 rings (SSSR count). The first-order chi connectivity index (χ1) is 11.4. The summed E-state index contributed by atoms with van der Waals surface area (Å²) in [5.41, 5.74) is 0.771. The standard InChI is InChI=1S/C17H20F3N3O/c18-17(19,20)15-3-1-2-13(8-15)16(24)11-23-6-4-12(5-7-23)14-9-21-22-10-14/h1-3,8-10,12,16,24H,4-7,11H2,(H,21,22)/t16-/m1/s1. The minimum atomic E-state index is -4.39. The molecule has 1 fully saturated rings. The highest BCUT2D eigenvalue weighted by atomic mass is 19.4. The van der Waals surface area contributed by atoms with Crippen LogP contribution in [-0.4, -0.2) is 39.8 Å². The number of rotatable bonds is 4. The number of benzene rings is 1. The van der Waals surface area contributed by atoms with Gasteiger partial charge >= 0.3 is 6.18 Å². The zero-order valence-corrected chi connectivity index (χ0v) is 13.1. The zero-order chi connectivity index (χ0) is 17.2. The molecule has 130 valence electrons. The number of aromatic nitrogens is 2. The van der Waals surface area contributed by atoms with Gasteiger partial charge < -0.3 is 10.0 Å². The van der Waals surface area contributed by atoms with E-state index < -0.39 is 17.8 Å². The number of aliphatic hydroxyl groups excluding tert-OH is 1. The van der Waals surface area contributed by atoms with Crippen LogP contribution in [0.4, 0.5) is 13.2 Å². The normalized spacial score (nSPS) is 18.7. The Morgan fingerprint density at radius 3 is 2.67 bits per heavy atom. The molecule has 1 aliphatic heterocycles. The topological polar surface area (TPSA) is 52.1 Å². The lowest BCUT2D eigenvalue weighted by atomic mass is 9.91. The van der Waals surface area contributed by atoms with E-state index in [1.54, 1.807) is 0 Å². The van der Waals surface area contributed by atoms with Gasteiger partial charge in [-0.25, -0.2) is 0 Å². The molecule has 0 radical (unpaired) electrons. The minimum Gasteiger partial charge on any atom is -0.387 e. The van der Waals surface area contributed by atoms with Crippen molar-refractivity contribution in [2.75, 3.05) is 19.6 Å². The smallest absolute Gasteiger partial charge is 0.387 e. The van der Waals surface area contributed by atoms with Crippen LogP contribution in [0, 0.1) is 0 Å². The number of likely N-dealkylation sites (tertiary alicyclic amines) is 1. The van der Waals surface area contributed by atoms with Crippen molar-refractivity contribution in [2.24, 2.45) is 0 Å². The Kier molecular flexibility index (Phi) is 4.91. The number of alkyl halides is 3. The highest BCUT2D eigenvalue weighted by Crippen LogP contribution is 2.32. The van der Waals surface area contributed by atoms with Gasteiger partial charge in [0.1, 0.15) is 0 Å². The van der Waals surface area contributed by atoms with Crippen molar-refractivity contribution >= 4 is 0 Å². The first-order valence-electron chi connectivity index (χ1n) is 8.00. The molecule has 4 nitrogen and oxygen atoms in total. The van der Waals surface area contributed by atoms with Crippen LogP contribution >= 0.6 is 0 Å². The van der Waals surface area contributed by atoms with Crippen LogP contribution in [0.3, 0.4) is 0 Å². The Bertz CT molecular complexity index is 649. The Morgan fingerprint density at radius 2 is 2.04 bits per heavy atom. The summed E-state index contributed by atoms with van der Waals surface area (Å²) >= 11 is 0. The number of hydrogen-bond donors (Lipinski definition) is 2. The van der Waals surface area contributed by atoms with Crippen LogP contribution in [0.5, 0.6) is 0 Å². The average Bonchev–Trinajstić information content (AvgIpc) is 3.09. The maximum atomic E-state index is 12.8. The lowest BCUT2D eigenvalue weighted by Crippen LogP contribution is -2.36. The van der Waals surface area contributed by atoms with Crippen LogP contribution in [0.25, 0.3) is 0 Å². The van der Waals surface area contributed by atoms with Gasteiger partial charge in [-0.05, 0) is 55.1 Å². The summed E-state index contributed by atoms with van der Waals surface area (Å²) in [6, 6.07) is 4.93. The fourth-order valence-corrected chi connectivity index (χ4v) is 3.21. The predicted molar refractivity (Wildman–Crippen MR) is 83.4 cm³/mol. The summed E-state index contributed by atoms with van der Waals surface area (Å²) in [5, 5.41) is 17.1. The van der Waals surface area contributed by atoms with Gasteiger partial charge in [-0.15, -0.1) is 0 Å². The van der Waals surface area contributed by atoms with Gasteiger partial charge in [-0.1, -0.05) is 12.1 Å². The van der Waals surface area contributed by atoms with Crippen LogP contribution < -0.4 is 0 Å². The van der Waals surface area contributed by atoms with E-state index in [0.717, 1.165) is 38.1 Å². The largest absolute Gasteiger partial charge is 0.416 e. The van der Waals surface area contributed by atoms with Gasteiger partial charge in [-0.3, -0.25) is 5.10 Å². The Balaban J connectivity index is 1.57. The molecule has 7 heteroatoms. The van der Waals surface area contributed by atoms with E-state index in [9.17, 15) is 18.3 Å². The SMILES string of the molecule is O[C@H](CN1CCC(c2cn[nH]c2)CC1)c1cccc(C(F)(F)F)c1. The van der Waals surface area contributed by atoms with Crippen LogP contribution in [-0.2, 0) is 6.18 Å². The van der Waals surface area contributed by atoms with Crippen molar-refractivity contribution in [3.8, 4) is 0 Å². The number of hydrogen-bond acceptors (Lipinski definition) is 3. The molecule has 24 heavy (non-hydrogen) atoms. The third-order valence-electron chi connectivity index (χ3n) is 4.61. The molecule has 0 bridgehead atoms. The van der Waals surface area contributed by atoms with Crippen LogP contribution in [0.15, 0.2) is 36.7 Å². The molecule has 0 spiro atoms. The Morgan fingerprint density at radius 1 is 1.29 bits per heavy atom. The monoisotopic (exact) mass is 339 g/mol. The van der Waals surface area contributed by atoms with E-state index in [-0.39, 0.29) is 0 Å². The fourth-order valence-electron chi connectivity index (χ4n) is 3.21. The number of H-pyrrole nitrogens is 1. The molecular formula is C17H20F3N3O. The van der Waals surface area contributed by atoms with Gasteiger partial charge in [0.05, 0.1) is 17.9 Å². The van der Waals surface area contributed by atoms with Crippen molar-refractivity contribution in [3.05, 3.63) is 53.3 Å². The summed E-state index contributed by atoms with van der Waals surface area (Å²) in [5.74, 6) is 0.450. The second-order valence-corrected chi connectivity index (χ2v) is 6.25. The Labute approximate surface area is 138 Å². The fraction of sp³-hybridized carbons (Fsp3) is 0.471. The highest BCUT2D eigenvalue weighted by molar-refractivity contribution is 5.27. The first kappa shape index (κ1) is 17.0. The molecular weight excluding hydrogens is 319 g/mol. The predicted octanol–water partition coefficient (Wildman–Crippen LogP) is 3.34. The van der Waals surface area contributed by atoms with Gasteiger partial charge in [-0.2, -0.15) is 18.3 Å². The van der Waals surface area contributed by atoms with E-state index >= 15 is 0 Å². The third-order valence-corrected chi connectivity index (χ3v) is 4.61. The van der Waals surface area contributed by atoms with Crippen molar-refractivity contribution in [3.63, 3.8) is 0 Å². The molecule has 0 amide bonds. The molecule has 1 aliphatic rings. The van der Waals surface area contributed by atoms with E-state index in [0.29, 0.717) is 18.0 Å². The number of nitrogens with one attached hydrogen (secondary N) is 1. The number of aliphatic hydroxyl groups is 1. The van der Waals surface area contributed by atoms with Crippen molar-refractivity contribution in [2.45, 2.75) is 31.0 Å². The summed E-state index contributed by atoms with van der Waals surface area (Å²) in [4.78, 5) is 2.10. The van der Waals surface area contributed by atoms with Gasteiger partial charge in [0, 0.05) is 12.7 Å². The Hall–Kier alpha value is -1.86. The average molecular weight is 339 g/mol. The number of nitrogens with zero attached hydrogens (tertiary/aromatic N) is 2. The molecule has 2 aromatic rings. The number of aromatic amines is 1. The molecule has 1 atom stereocenters. The maximum absolute atomic E-state index is 12.8. The number of piperidine rings is 1. The third kappa shape index (κ3) is 3.96. The molecule has 0 aliphatic carbocycles. The van der Waals surface area contributed by atoms with Crippen molar-refractivity contribution in [1.82, 2.24) is 15.1 Å². The first-order valence-corrected chi connectivity index (χ1v) is 8.00. The van der Waals surface area contributed by atoms with Crippen LogP contribution in [0.1, 0.15) is 41.6 Å². The number of β-amino-alcohol motifs (C(OH)–C–C–N with tert-alkyl or cyclic N) is 1. The molecule has 0 unspecified atom stereocenters. The molecule has 1 saturated heterocycles. The molecule has 2 N–H and O–H groups in total. The molecule has 1 aromatic carbocycles. The molecule has 2 heterocycles. The van der Waals surface area contributed by atoms with E-state index in [1.807, 2.05) is 12.4 Å². The number of halogens is 3. The maximum Gasteiger partial charge on any atom is 0.416 e. The van der Waals surface area contributed by atoms with E-state index in [4.69, 9.17) is 0 Å². The van der Waals surface area contributed by atoms with Crippen molar-refractivity contribution < 1.29 is 18.3 Å². The van der Waals surface area contributed by atoms with E-state index in [1.165, 1.54) is 17.7 Å². The molecule has 1 aromatic heterocycles. The molecule has 0 saturated carbocycles. The van der Waals surface area contributed by atoms with Crippen LogP contribution in [0.2, 0.25) is 0 Å². The lowest BCUT2D eigenvalue weighted by Gasteiger charge is -2.33. The zero-order valence-electron chi connectivity index (χ0n) is 13.1. The van der Waals surface area contributed by atoms with E-state index in [2.05, 4.69) is 15.1 Å². The summed E-state index contributed by atoms with van der Waals surface area (Å²) in [6.45, 7) is 1.97. The summed E-state index contributed by atoms with van der Waals surface area (Å²) < 4.78 is 38.3. The minimum absolute atomic E-state index is 0.307. The quantitative estimate of drug-likeness (QED) is 0.898. The summed E-state index contributed by atoms with van der Waals surface area (Å²) in [6.07, 6.45) is 0.329.